The van der Waals surface area contributed by atoms with Gasteiger partial charge in [0.25, 0.3) is 0 Å². The van der Waals surface area contributed by atoms with Gasteiger partial charge in [-0.25, -0.2) is 0 Å². The van der Waals surface area contributed by atoms with Crippen molar-refractivity contribution >= 4 is 40.6 Å². The third-order valence-corrected chi connectivity index (χ3v) is 5.08. The lowest BCUT2D eigenvalue weighted by molar-refractivity contribution is -0.124. The van der Waals surface area contributed by atoms with Crippen molar-refractivity contribution in [3.63, 3.8) is 0 Å². The number of benzene rings is 1. The topological polar surface area (TPSA) is 66.4 Å². The first-order valence-electron chi connectivity index (χ1n) is 8.47. The van der Waals surface area contributed by atoms with Gasteiger partial charge >= 0.3 is 0 Å². The molecule has 0 spiro atoms. The lowest BCUT2D eigenvalue weighted by Crippen LogP contribution is -2.51. The van der Waals surface area contributed by atoms with Gasteiger partial charge in [-0.1, -0.05) is 23.2 Å². The van der Waals surface area contributed by atoms with Crippen LogP contribution in [0.25, 0.3) is 0 Å². The van der Waals surface area contributed by atoms with Gasteiger partial charge in [0, 0.05) is 26.6 Å². The number of nitrogens with zero attached hydrogens (tertiary/aromatic N) is 3. The highest BCUT2D eigenvalue weighted by molar-refractivity contribution is 6.42. The van der Waals surface area contributed by atoms with E-state index in [4.69, 9.17) is 32.7 Å². The molecule has 2 aliphatic heterocycles. The van der Waals surface area contributed by atoms with Crippen LogP contribution in [0.4, 0.5) is 5.69 Å². The summed E-state index contributed by atoms with van der Waals surface area (Å²) in [5.74, 6) is 0.570. The van der Waals surface area contributed by atoms with Gasteiger partial charge in [-0.3, -0.25) is 14.7 Å². The molecule has 0 radical (unpaired) electrons. The van der Waals surface area contributed by atoms with Crippen molar-refractivity contribution < 1.29 is 14.3 Å². The average Bonchev–Trinajstić information content (AvgIpc) is 3.07. The fraction of sp³-hybridized carbons (Fsp3) is 0.529. The Balaban J connectivity index is 1.56. The minimum Gasteiger partial charge on any atom is -0.383 e. The number of halogens is 2. The highest BCUT2D eigenvalue weighted by Gasteiger charge is 2.26. The zero-order valence-electron chi connectivity index (χ0n) is 14.6. The molecule has 1 aromatic carbocycles. The monoisotopic (exact) mass is 400 g/mol. The number of carbonyl (C=O) groups excluding carboxylic acids is 1. The highest BCUT2D eigenvalue weighted by atomic mass is 35.5. The van der Waals surface area contributed by atoms with Gasteiger partial charge in [0.05, 0.1) is 48.1 Å². The van der Waals surface area contributed by atoms with Crippen LogP contribution in [0.3, 0.4) is 0 Å². The Morgan fingerprint density at radius 3 is 3.00 bits per heavy atom. The summed E-state index contributed by atoms with van der Waals surface area (Å²) in [6.07, 6.45) is 0.663. The molecule has 2 aliphatic rings. The van der Waals surface area contributed by atoms with Crippen molar-refractivity contribution in [3.8, 4) is 0 Å². The number of anilines is 1. The first-order chi connectivity index (χ1) is 12.6. The fourth-order valence-electron chi connectivity index (χ4n) is 3.01. The van der Waals surface area contributed by atoms with E-state index in [1.54, 1.807) is 24.3 Å². The number of hydrogen-bond acceptors (Lipinski definition) is 6. The third-order valence-electron chi connectivity index (χ3n) is 4.34. The largest absolute Gasteiger partial charge is 0.383 e. The Labute approximate surface area is 162 Å². The van der Waals surface area contributed by atoms with Crippen molar-refractivity contribution in [1.29, 1.82) is 0 Å². The predicted octanol–water partition coefficient (Wildman–Crippen LogP) is 1.98. The predicted molar refractivity (Wildman–Crippen MR) is 102 cm³/mol. The molecule has 1 fully saturated rings. The van der Waals surface area contributed by atoms with Crippen LogP contribution in [0.2, 0.25) is 10.0 Å². The lowest BCUT2D eigenvalue weighted by Gasteiger charge is -2.34. The number of hydrogen-bond donors (Lipinski definition) is 1. The van der Waals surface area contributed by atoms with Gasteiger partial charge in [0.1, 0.15) is 5.84 Å². The zero-order chi connectivity index (χ0) is 18.5. The van der Waals surface area contributed by atoms with E-state index in [1.165, 1.54) is 0 Å². The lowest BCUT2D eigenvalue weighted by atomic mass is 10.2. The van der Waals surface area contributed by atoms with E-state index < -0.39 is 0 Å². The second-order valence-electron chi connectivity index (χ2n) is 6.22. The molecule has 1 N–H and O–H groups in total. The molecule has 0 aromatic heterocycles. The molecular formula is C17H22Cl2N4O3. The molecule has 0 bridgehead atoms. The maximum atomic E-state index is 12.4. The van der Waals surface area contributed by atoms with Crippen LogP contribution in [0.15, 0.2) is 23.3 Å². The number of nitrogens with one attached hydrogen (secondary N) is 1. The molecule has 3 rings (SSSR count). The first-order valence-corrected chi connectivity index (χ1v) is 9.23. The molecule has 142 valence electrons. The Kier molecular flexibility index (Phi) is 6.72. The standard InChI is InChI=1S/C17H22Cl2N4O3/c1-25-10-13-11-26-7-6-22(13)9-17(24)20-16-4-5-23(21-16)12-2-3-14(18)15(19)8-12/h2-3,8,13H,4-7,9-11H2,1H3,(H,20,21,24)/t13-/m0/s1. The van der Waals surface area contributed by atoms with E-state index in [2.05, 4.69) is 15.3 Å². The van der Waals surface area contributed by atoms with E-state index in [1.807, 2.05) is 6.07 Å². The number of amides is 1. The fourth-order valence-corrected chi connectivity index (χ4v) is 3.30. The molecule has 0 saturated carbocycles. The molecule has 1 aromatic rings. The summed E-state index contributed by atoms with van der Waals surface area (Å²) in [5.41, 5.74) is 0.844. The van der Waals surface area contributed by atoms with Gasteiger partial charge in [-0.2, -0.15) is 5.10 Å². The van der Waals surface area contributed by atoms with E-state index in [-0.39, 0.29) is 11.9 Å². The van der Waals surface area contributed by atoms with Crippen LogP contribution in [0.1, 0.15) is 6.42 Å². The number of rotatable bonds is 5. The molecule has 9 heteroatoms. The van der Waals surface area contributed by atoms with Crippen LogP contribution >= 0.6 is 23.2 Å². The molecule has 7 nitrogen and oxygen atoms in total. The summed E-state index contributed by atoms with van der Waals surface area (Å²) in [6, 6.07) is 5.45. The number of morpholine rings is 1. The Bertz CT molecular complexity index is 684. The van der Waals surface area contributed by atoms with Gasteiger partial charge < -0.3 is 14.8 Å². The van der Waals surface area contributed by atoms with E-state index in [0.29, 0.717) is 61.8 Å². The summed E-state index contributed by atoms with van der Waals surface area (Å²) in [6.45, 7) is 3.43. The second kappa shape index (κ2) is 9.01. The van der Waals surface area contributed by atoms with Gasteiger partial charge in [0.2, 0.25) is 5.91 Å². The van der Waals surface area contributed by atoms with E-state index in [0.717, 1.165) is 5.69 Å². The second-order valence-corrected chi connectivity index (χ2v) is 7.04. The summed E-state index contributed by atoms with van der Waals surface area (Å²) < 4.78 is 10.7. The summed E-state index contributed by atoms with van der Waals surface area (Å²) in [5, 5.41) is 10.2. The molecule has 0 aliphatic carbocycles. The Morgan fingerprint density at radius 1 is 1.38 bits per heavy atom. The van der Waals surface area contributed by atoms with Crippen LogP contribution in [0.5, 0.6) is 0 Å². The number of amidine groups is 1. The average molecular weight is 401 g/mol. The molecule has 1 saturated heterocycles. The van der Waals surface area contributed by atoms with E-state index >= 15 is 0 Å². The maximum Gasteiger partial charge on any atom is 0.239 e. The molecule has 1 amide bonds. The first kappa shape index (κ1) is 19.4. The van der Waals surface area contributed by atoms with Crippen LogP contribution in [-0.4, -0.2) is 69.2 Å². The van der Waals surface area contributed by atoms with Crippen LogP contribution in [-0.2, 0) is 14.3 Å². The van der Waals surface area contributed by atoms with Gasteiger partial charge in [0.15, 0.2) is 0 Å². The highest BCUT2D eigenvalue weighted by Crippen LogP contribution is 2.28. The Morgan fingerprint density at radius 2 is 2.23 bits per heavy atom. The molecule has 1 atom stereocenters. The van der Waals surface area contributed by atoms with Crippen molar-refractivity contribution in [3.05, 3.63) is 28.2 Å². The van der Waals surface area contributed by atoms with Crippen molar-refractivity contribution in [1.82, 2.24) is 10.2 Å². The summed E-state index contributed by atoms with van der Waals surface area (Å²) in [4.78, 5) is 14.5. The maximum absolute atomic E-state index is 12.4. The molecule has 26 heavy (non-hydrogen) atoms. The minimum absolute atomic E-state index is 0.0808. The quantitative estimate of drug-likeness (QED) is 0.818. The van der Waals surface area contributed by atoms with Crippen molar-refractivity contribution in [2.24, 2.45) is 5.10 Å². The van der Waals surface area contributed by atoms with Crippen molar-refractivity contribution in [2.45, 2.75) is 12.5 Å². The number of hydrazone groups is 1. The van der Waals surface area contributed by atoms with Crippen molar-refractivity contribution in [2.75, 3.05) is 51.6 Å². The minimum atomic E-state index is -0.0808. The number of methoxy groups -OCH3 is 1. The van der Waals surface area contributed by atoms with E-state index in [9.17, 15) is 4.79 Å². The molecule has 0 unspecified atom stereocenters. The van der Waals surface area contributed by atoms with Crippen LogP contribution < -0.4 is 10.3 Å². The summed E-state index contributed by atoms with van der Waals surface area (Å²) in [7, 11) is 1.65. The zero-order valence-corrected chi connectivity index (χ0v) is 16.1. The normalized spacial score (nSPS) is 21.0. The van der Waals surface area contributed by atoms with Gasteiger partial charge in [-0.05, 0) is 18.2 Å². The summed E-state index contributed by atoms with van der Waals surface area (Å²) >= 11 is 12.0. The number of carbonyl (C=O) groups is 1. The Hall–Kier alpha value is -1.38. The van der Waals surface area contributed by atoms with Gasteiger partial charge in [-0.15, -0.1) is 0 Å². The SMILES string of the molecule is COC[C@H]1COCCN1CC(=O)NC1=NN(c2ccc(Cl)c(Cl)c2)CC1. The molecule has 2 heterocycles. The number of ether oxygens (including phenoxy) is 2. The van der Waals surface area contributed by atoms with Crippen LogP contribution in [0, 0.1) is 0 Å². The molecular weight excluding hydrogens is 379 g/mol. The smallest absolute Gasteiger partial charge is 0.239 e. The third kappa shape index (κ3) is 4.86.